The highest BCUT2D eigenvalue weighted by molar-refractivity contribution is 6.31. The Kier molecular flexibility index (Phi) is 7.46. The van der Waals surface area contributed by atoms with Crippen molar-refractivity contribution in [2.24, 2.45) is 0 Å². The van der Waals surface area contributed by atoms with Gasteiger partial charge in [0.2, 0.25) is 5.88 Å². The number of β-amino-alcohol motifs (C(OH)–C–C–N with tert-alkyl or cyclic N) is 1. The van der Waals surface area contributed by atoms with E-state index in [2.05, 4.69) is 15.5 Å². The Morgan fingerprint density at radius 2 is 1.92 bits per heavy atom. The number of hydrogen-bond donors (Lipinski definition) is 2. The van der Waals surface area contributed by atoms with E-state index in [9.17, 15) is 5.11 Å². The molecule has 1 aromatic heterocycles. The van der Waals surface area contributed by atoms with Crippen molar-refractivity contribution in [2.45, 2.75) is 32.4 Å². The van der Waals surface area contributed by atoms with Gasteiger partial charge < -0.3 is 19.9 Å². The van der Waals surface area contributed by atoms with Gasteiger partial charge >= 0.3 is 0 Å². The fourth-order valence-electron chi connectivity index (χ4n) is 2.07. The first-order chi connectivity index (χ1) is 12.3. The second-order valence-corrected chi connectivity index (χ2v) is 7.37. The van der Waals surface area contributed by atoms with Crippen molar-refractivity contribution >= 4 is 23.2 Å². The predicted molar refractivity (Wildman–Crippen MR) is 102 cm³/mol. The summed E-state index contributed by atoms with van der Waals surface area (Å²) in [5.74, 6) is 1.06. The number of halogens is 2. The highest BCUT2D eigenvalue weighted by Crippen LogP contribution is 2.25. The largest absolute Gasteiger partial charge is 0.491 e. The third-order valence-electron chi connectivity index (χ3n) is 3.65. The number of aromatic nitrogens is 2. The Hall–Kier alpha value is -1.60. The quantitative estimate of drug-likeness (QED) is 0.673. The van der Waals surface area contributed by atoms with E-state index in [0.717, 1.165) is 5.56 Å². The van der Waals surface area contributed by atoms with Crippen LogP contribution in [0.3, 0.4) is 0 Å². The van der Waals surface area contributed by atoms with E-state index in [1.165, 1.54) is 0 Å². The molecule has 1 unspecified atom stereocenters. The zero-order chi connectivity index (χ0) is 19.2. The number of hydrogen-bond acceptors (Lipinski definition) is 6. The second kappa shape index (κ2) is 9.37. The van der Waals surface area contributed by atoms with E-state index in [1.807, 2.05) is 32.9 Å². The van der Waals surface area contributed by atoms with Crippen molar-refractivity contribution in [3.05, 3.63) is 46.1 Å². The lowest BCUT2D eigenvalue weighted by Gasteiger charge is -2.27. The molecule has 1 aromatic carbocycles. The number of ether oxygens (including phenoxy) is 2. The van der Waals surface area contributed by atoms with Crippen molar-refractivity contribution in [1.29, 1.82) is 0 Å². The lowest BCUT2D eigenvalue weighted by Crippen LogP contribution is -2.48. The van der Waals surface area contributed by atoms with Gasteiger partial charge in [0.25, 0.3) is 0 Å². The lowest BCUT2D eigenvalue weighted by atomic mass is 10.1. The average Bonchev–Trinajstić information content (AvgIpc) is 2.61. The van der Waals surface area contributed by atoms with Crippen LogP contribution in [-0.2, 0) is 0 Å². The normalized spacial score (nSPS) is 12.7. The van der Waals surface area contributed by atoms with Crippen LogP contribution >= 0.6 is 23.2 Å². The molecular weight excluding hydrogens is 377 g/mol. The molecule has 0 radical (unpaired) electrons. The molecule has 0 saturated heterocycles. The number of nitrogens with one attached hydrogen (secondary N) is 1. The van der Waals surface area contributed by atoms with Gasteiger partial charge in [-0.15, -0.1) is 10.2 Å². The first-order valence-corrected chi connectivity index (χ1v) is 8.95. The topological polar surface area (TPSA) is 76.5 Å². The number of aliphatic hydroxyl groups excluding tert-OH is 1. The molecule has 0 saturated carbocycles. The smallest absolute Gasteiger partial charge is 0.233 e. The molecule has 142 valence electrons. The van der Waals surface area contributed by atoms with Crippen LogP contribution in [0.2, 0.25) is 10.2 Å². The van der Waals surface area contributed by atoms with Crippen LogP contribution in [0.25, 0.3) is 0 Å². The lowest BCUT2D eigenvalue weighted by molar-refractivity contribution is 0.0920. The van der Waals surface area contributed by atoms with Crippen LogP contribution in [0, 0.1) is 6.92 Å². The Labute approximate surface area is 163 Å². The van der Waals surface area contributed by atoms with Crippen molar-refractivity contribution < 1.29 is 14.6 Å². The number of aliphatic hydroxyl groups is 1. The molecule has 0 aliphatic carbocycles. The zero-order valence-corrected chi connectivity index (χ0v) is 16.5. The molecule has 0 amide bonds. The minimum atomic E-state index is -0.678. The number of rotatable bonds is 9. The minimum absolute atomic E-state index is 0.160. The fraction of sp³-hybridized carbons (Fsp3) is 0.444. The number of benzene rings is 1. The van der Waals surface area contributed by atoms with Crippen molar-refractivity contribution in [3.63, 3.8) is 0 Å². The van der Waals surface area contributed by atoms with Crippen molar-refractivity contribution in [3.8, 4) is 11.6 Å². The number of nitrogens with zero attached hydrogens (tertiary/aromatic N) is 2. The highest BCUT2D eigenvalue weighted by Gasteiger charge is 2.20. The van der Waals surface area contributed by atoms with Gasteiger partial charge in [-0.1, -0.05) is 29.3 Å². The van der Waals surface area contributed by atoms with Gasteiger partial charge in [0, 0.05) is 28.7 Å². The van der Waals surface area contributed by atoms with Crippen molar-refractivity contribution in [1.82, 2.24) is 15.5 Å². The maximum absolute atomic E-state index is 10.2. The Morgan fingerprint density at radius 1 is 1.15 bits per heavy atom. The molecule has 1 heterocycles. The van der Waals surface area contributed by atoms with Gasteiger partial charge in [-0.3, -0.25) is 0 Å². The molecule has 0 aliphatic heterocycles. The van der Waals surface area contributed by atoms with Crippen LogP contribution in [0.15, 0.2) is 30.3 Å². The maximum Gasteiger partial charge on any atom is 0.233 e. The van der Waals surface area contributed by atoms with E-state index >= 15 is 0 Å². The second-order valence-electron chi connectivity index (χ2n) is 6.58. The molecule has 0 spiro atoms. The molecule has 2 rings (SSSR count). The first kappa shape index (κ1) is 20.7. The average molecular weight is 400 g/mol. The van der Waals surface area contributed by atoms with E-state index in [-0.39, 0.29) is 12.1 Å². The van der Waals surface area contributed by atoms with Crippen LogP contribution in [0.1, 0.15) is 19.4 Å². The van der Waals surface area contributed by atoms with Gasteiger partial charge in [-0.25, -0.2) is 0 Å². The highest BCUT2D eigenvalue weighted by atomic mass is 35.5. The van der Waals surface area contributed by atoms with E-state index < -0.39 is 6.10 Å². The van der Waals surface area contributed by atoms with Crippen molar-refractivity contribution in [2.75, 3.05) is 19.8 Å². The summed E-state index contributed by atoms with van der Waals surface area (Å²) in [5.41, 5.74) is 0.473. The van der Waals surface area contributed by atoms with Gasteiger partial charge in [0.05, 0.1) is 0 Å². The minimum Gasteiger partial charge on any atom is -0.491 e. The first-order valence-electron chi connectivity index (χ1n) is 8.20. The molecule has 26 heavy (non-hydrogen) atoms. The Bertz CT molecular complexity index is 711. The van der Waals surface area contributed by atoms with E-state index in [4.69, 9.17) is 32.7 Å². The Morgan fingerprint density at radius 3 is 2.62 bits per heavy atom. The molecule has 1 atom stereocenters. The monoisotopic (exact) mass is 399 g/mol. The summed E-state index contributed by atoms with van der Waals surface area (Å²) in [7, 11) is 0. The summed E-state index contributed by atoms with van der Waals surface area (Å²) in [6.07, 6.45) is -0.678. The van der Waals surface area contributed by atoms with E-state index in [1.54, 1.807) is 18.2 Å². The molecular formula is C18H23Cl2N3O3. The van der Waals surface area contributed by atoms with E-state index in [0.29, 0.717) is 35.0 Å². The van der Waals surface area contributed by atoms with Gasteiger partial charge in [-0.05, 0) is 39.0 Å². The van der Waals surface area contributed by atoms with Crippen LogP contribution in [0.4, 0.5) is 0 Å². The third kappa shape index (κ3) is 6.61. The molecule has 6 nitrogen and oxygen atoms in total. The van der Waals surface area contributed by atoms with Gasteiger partial charge in [0.15, 0.2) is 5.15 Å². The maximum atomic E-state index is 10.2. The van der Waals surface area contributed by atoms with Gasteiger partial charge in [0.1, 0.15) is 25.1 Å². The van der Waals surface area contributed by atoms with Gasteiger partial charge in [-0.2, -0.15) is 0 Å². The summed E-state index contributed by atoms with van der Waals surface area (Å²) in [6.45, 7) is 6.67. The summed E-state index contributed by atoms with van der Waals surface area (Å²) in [4.78, 5) is 0. The molecule has 2 N–H and O–H groups in total. The summed E-state index contributed by atoms with van der Waals surface area (Å²) in [5, 5.41) is 21.9. The fourth-order valence-corrected chi connectivity index (χ4v) is 2.34. The summed E-state index contributed by atoms with van der Waals surface area (Å²) < 4.78 is 11.2. The third-order valence-corrected chi connectivity index (χ3v) is 4.26. The molecule has 0 fully saturated rings. The molecule has 2 aromatic rings. The zero-order valence-electron chi connectivity index (χ0n) is 15.0. The standard InChI is InChI=1S/C18H23Cl2N3O3/c1-12-14(19)5-4-6-15(12)25-10-13(24)9-21-18(2,3)11-26-17-8-7-16(20)22-23-17/h4-8,13,21,24H,9-11H2,1-3H3. The molecule has 0 aliphatic rings. The SMILES string of the molecule is Cc1c(Cl)cccc1OCC(O)CNC(C)(C)COc1ccc(Cl)nn1. The summed E-state index contributed by atoms with van der Waals surface area (Å²) in [6, 6.07) is 8.71. The van der Waals surface area contributed by atoms with Crippen LogP contribution in [-0.4, -0.2) is 46.7 Å². The molecule has 0 bridgehead atoms. The Balaban J connectivity index is 1.75. The predicted octanol–water partition coefficient (Wildman–Crippen LogP) is 3.28. The van der Waals surface area contributed by atoms with Crippen LogP contribution in [0.5, 0.6) is 11.6 Å². The summed E-state index contributed by atoms with van der Waals surface area (Å²) >= 11 is 11.7. The van der Waals surface area contributed by atoms with Crippen LogP contribution < -0.4 is 14.8 Å². The molecule has 8 heteroatoms.